The molecule has 0 unspecified atom stereocenters. The molecule has 0 atom stereocenters. The minimum Gasteiger partial charge on any atom is -0.258 e. The molecule has 0 amide bonds. The van der Waals surface area contributed by atoms with Crippen LogP contribution in [0.15, 0.2) is 16.6 Å². The standard InChI is InChI=1S/C8H3BrF5NO2/c9-5-2-3(15(16)17)1-4(7(10)11)6(5)8(12,13)14/h1-2,7H. The van der Waals surface area contributed by atoms with E-state index in [1.165, 1.54) is 0 Å². The fourth-order valence-electron chi connectivity index (χ4n) is 1.19. The van der Waals surface area contributed by atoms with Crippen LogP contribution >= 0.6 is 15.9 Å². The maximum atomic E-state index is 12.5. The number of nitrogens with zero attached hydrogens (tertiary/aromatic N) is 1. The van der Waals surface area contributed by atoms with E-state index in [2.05, 4.69) is 15.9 Å². The lowest BCUT2D eigenvalue weighted by Gasteiger charge is -2.13. The topological polar surface area (TPSA) is 43.1 Å². The van der Waals surface area contributed by atoms with Crippen LogP contribution in [-0.2, 0) is 6.18 Å². The van der Waals surface area contributed by atoms with Crippen molar-refractivity contribution in [1.29, 1.82) is 0 Å². The number of rotatable bonds is 2. The molecule has 0 radical (unpaired) electrons. The van der Waals surface area contributed by atoms with Gasteiger partial charge in [-0.2, -0.15) is 13.2 Å². The summed E-state index contributed by atoms with van der Waals surface area (Å²) in [5, 5.41) is 10.3. The lowest BCUT2D eigenvalue weighted by atomic mass is 10.1. The Kier molecular flexibility index (Phi) is 3.70. The van der Waals surface area contributed by atoms with Gasteiger partial charge in [0, 0.05) is 22.2 Å². The second-order valence-corrected chi connectivity index (χ2v) is 3.80. The van der Waals surface area contributed by atoms with E-state index in [4.69, 9.17) is 0 Å². The van der Waals surface area contributed by atoms with E-state index in [-0.39, 0.29) is 6.07 Å². The third-order valence-corrected chi connectivity index (χ3v) is 2.46. The van der Waals surface area contributed by atoms with E-state index in [0.717, 1.165) is 0 Å². The van der Waals surface area contributed by atoms with Gasteiger partial charge in [-0.1, -0.05) is 0 Å². The predicted octanol–water partition coefficient (Wildman–Crippen LogP) is 4.31. The van der Waals surface area contributed by atoms with Crippen molar-refractivity contribution in [3.05, 3.63) is 37.8 Å². The van der Waals surface area contributed by atoms with Gasteiger partial charge in [-0.05, 0) is 15.9 Å². The number of nitro groups is 1. The lowest BCUT2D eigenvalue weighted by Crippen LogP contribution is -2.11. The first kappa shape index (κ1) is 13.8. The molecule has 1 aromatic rings. The molecule has 0 aliphatic carbocycles. The molecule has 94 valence electrons. The summed E-state index contributed by atoms with van der Waals surface area (Å²) >= 11 is 2.41. The molecule has 17 heavy (non-hydrogen) atoms. The van der Waals surface area contributed by atoms with Gasteiger partial charge in [0.05, 0.1) is 10.5 Å². The Morgan fingerprint density at radius 3 is 2.18 bits per heavy atom. The van der Waals surface area contributed by atoms with E-state index in [1.54, 1.807) is 0 Å². The molecule has 1 rings (SSSR count). The fraction of sp³-hybridized carbons (Fsp3) is 0.250. The third kappa shape index (κ3) is 2.90. The summed E-state index contributed by atoms with van der Waals surface area (Å²) in [6.07, 6.45) is -8.47. The molecule has 0 fully saturated rings. The highest BCUT2D eigenvalue weighted by molar-refractivity contribution is 9.10. The van der Waals surface area contributed by atoms with Gasteiger partial charge in [0.2, 0.25) is 0 Å². The molecule has 0 saturated carbocycles. The average Bonchev–Trinajstić information content (AvgIpc) is 2.13. The summed E-state index contributed by atoms with van der Waals surface area (Å²) in [6, 6.07) is 0.757. The highest BCUT2D eigenvalue weighted by Gasteiger charge is 2.39. The van der Waals surface area contributed by atoms with Crippen molar-refractivity contribution in [2.75, 3.05) is 0 Å². The van der Waals surface area contributed by atoms with Gasteiger partial charge >= 0.3 is 6.18 Å². The van der Waals surface area contributed by atoms with Crippen molar-refractivity contribution >= 4 is 21.6 Å². The Morgan fingerprint density at radius 1 is 1.29 bits per heavy atom. The quantitative estimate of drug-likeness (QED) is 0.463. The monoisotopic (exact) mass is 319 g/mol. The number of nitro benzene ring substituents is 1. The van der Waals surface area contributed by atoms with E-state index in [1.807, 2.05) is 0 Å². The normalized spacial score (nSPS) is 11.9. The van der Waals surface area contributed by atoms with Gasteiger partial charge in [-0.3, -0.25) is 10.1 Å². The van der Waals surface area contributed by atoms with E-state index in [9.17, 15) is 32.1 Å². The van der Waals surface area contributed by atoms with Crippen LogP contribution in [0.1, 0.15) is 17.6 Å². The maximum Gasteiger partial charge on any atom is 0.417 e. The number of hydrogen-bond acceptors (Lipinski definition) is 2. The van der Waals surface area contributed by atoms with Crippen LogP contribution in [0.3, 0.4) is 0 Å². The SMILES string of the molecule is O=[N+]([O-])c1cc(Br)c(C(F)(F)F)c(C(F)F)c1. The molecule has 3 nitrogen and oxygen atoms in total. The van der Waals surface area contributed by atoms with Crippen LogP contribution in [0.2, 0.25) is 0 Å². The molecule has 0 aliphatic heterocycles. The predicted molar refractivity (Wildman–Crippen MR) is 50.8 cm³/mol. The number of benzene rings is 1. The van der Waals surface area contributed by atoms with Crippen molar-refractivity contribution < 1.29 is 26.9 Å². The maximum absolute atomic E-state index is 12.5. The highest BCUT2D eigenvalue weighted by Crippen LogP contribution is 2.42. The minimum atomic E-state index is -5.01. The first-order chi connectivity index (χ1) is 7.64. The summed E-state index contributed by atoms with van der Waals surface area (Å²) in [5.41, 5.74) is -3.85. The van der Waals surface area contributed by atoms with Crippen molar-refractivity contribution in [3.63, 3.8) is 0 Å². The summed E-state index contributed by atoms with van der Waals surface area (Å²) in [4.78, 5) is 9.30. The summed E-state index contributed by atoms with van der Waals surface area (Å²) in [6.45, 7) is 0. The minimum absolute atomic E-state index is 0.220. The van der Waals surface area contributed by atoms with Gasteiger partial charge in [0.1, 0.15) is 0 Å². The molecule has 9 heteroatoms. The fourth-order valence-corrected chi connectivity index (χ4v) is 1.88. The summed E-state index contributed by atoms with van der Waals surface area (Å²) < 4.78 is 61.5. The lowest BCUT2D eigenvalue weighted by molar-refractivity contribution is -0.385. The zero-order valence-electron chi connectivity index (χ0n) is 7.76. The third-order valence-electron chi connectivity index (χ3n) is 1.83. The van der Waals surface area contributed by atoms with Crippen LogP contribution < -0.4 is 0 Å². The molecule has 0 aromatic heterocycles. The Morgan fingerprint density at radius 2 is 1.82 bits per heavy atom. The van der Waals surface area contributed by atoms with Crippen LogP contribution in [0.4, 0.5) is 27.6 Å². The van der Waals surface area contributed by atoms with Crippen LogP contribution in [-0.4, -0.2) is 4.92 Å². The second-order valence-electron chi connectivity index (χ2n) is 2.95. The molecular formula is C8H3BrF5NO2. The van der Waals surface area contributed by atoms with Crippen molar-refractivity contribution in [2.24, 2.45) is 0 Å². The molecular weight excluding hydrogens is 317 g/mol. The first-order valence-corrected chi connectivity index (χ1v) is 4.77. The van der Waals surface area contributed by atoms with Gasteiger partial charge < -0.3 is 0 Å². The number of halogens is 6. The largest absolute Gasteiger partial charge is 0.417 e. The van der Waals surface area contributed by atoms with Gasteiger partial charge in [-0.15, -0.1) is 0 Å². The Balaban J connectivity index is 3.55. The van der Waals surface area contributed by atoms with Gasteiger partial charge in [0.25, 0.3) is 12.1 Å². The van der Waals surface area contributed by atoms with Crippen molar-refractivity contribution in [3.8, 4) is 0 Å². The molecule has 1 aromatic carbocycles. The Labute approximate surface area is 99.5 Å². The zero-order chi connectivity index (χ0) is 13.4. The second kappa shape index (κ2) is 4.55. The number of alkyl halides is 5. The van der Waals surface area contributed by atoms with Crippen LogP contribution in [0.5, 0.6) is 0 Å². The van der Waals surface area contributed by atoms with Crippen molar-refractivity contribution in [2.45, 2.75) is 12.6 Å². The zero-order valence-corrected chi connectivity index (χ0v) is 9.35. The number of non-ortho nitro benzene ring substituents is 1. The molecule has 0 saturated heterocycles. The summed E-state index contributed by atoms with van der Waals surface area (Å²) in [5.74, 6) is 0. The van der Waals surface area contributed by atoms with E-state index in [0.29, 0.717) is 6.07 Å². The molecule has 0 N–H and O–H groups in total. The van der Waals surface area contributed by atoms with Crippen LogP contribution in [0.25, 0.3) is 0 Å². The summed E-state index contributed by atoms with van der Waals surface area (Å²) in [7, 11) is 0. The van der Waals surface area contributed by atoms with Gasteiger partial charge in [-0.25, -0.2) is 8.78 Å². The Bertz CT molecular complexity index is 460. The Hall–Kier alpha value is -1.25. The number of hydrogen-bond donors (Lipinski definition) is 0. The molecule has 0 bridgehead atoms. The molecule has 0 aliphatic rings. The highest BCUT2D eigenvalue weighted by atomic mass is 79.9. The smallest absolute Gasteiger partial charge is 0.258 e. The van der Waals surface area contributed by atoms with Crippen LogP contribution in [0, 0.1) is 10.1 Å². The first-order valence-electron chi connectivity index (χ1n) is 3.97. The van der Waals surface area contributed by atoms with E-state index >= 15 is 0 Å². The molecule has 0 spiro atoms. The van der Waals surface area contributed by atoms with E-state index < -0.39 is 38.8 Å². The van der Waals surface area contributed by atoms with Gasteiger partial charge in [0.15, 0.2) is 0 Å². The average molecular weight is 320 g/mol. The van der Waals surface area contributed by atoms with Crippen molar-refractivity contribution in [1.82, 2.24) is 0 Å². The molecule has 0 heterocycles.